The smallest absolute Gasteiger partial charge is 0.408 e. The zero-order chi connectivity index (χ0) is 26.1. The van der Waals surface area contributed by atoms with Crippen molar-refractivity contribution < 1.29 is 23.8 Å². The average molecular weight is 490 g/mol. The molecule has 1 atom stereocenters. The summed E-state index contributed by atoms with van der Waals surface area (Å²) in [5, 5.41) is 2.71. The highest BCUT2D eigenvalue weighted by molar-refractivity contribution is 5.82. The molecule has 3 rings (SSSR count). The third kappa shape index (κ3) is 8.45. The Labute approximate surface area is 213 Å². The van der Waals surface area contributed by atoms with E-state index in [0.717, 1.165) is 33.6 Å². The van der Waals surface area contributed by atoms with Crippen LogP contribution in [0.2, 0.25) is 0 Å². The summed E-state index contributed by atoms with van der Waals surface area (Å²) in [4.78, 5) is 25.6. The van der Waals surface area contributed by atoms with Crippen LogP contribution in [0.3, 0.4) is 0 Å². The molecule has 0 saturated heterocycles. The topological polar surface area (TPSA) is 73.9 Å². The van der Waals surface area contributed by atoms with E-state index in [1.54, 1.807) is 20.8 Å². The number of rotatable bonds is 9. The molecule has 0 radical (unpaired) electrons. The van der Waals surface area contributed by atoms with E-state index in [-0.39, 0.29) is 13.0 Å². The molecular formula is C30H35NO5. The minimum Gasteiger partial charge on any atom is -0.489 e. The Kier molecular flexibility index (Phi) is 9.12. The van der Waals surface area contributed by atoms with Crippen molar-refractivity contribution in [1.82, 2.24) is 5.32 Å². The third-order valence-corrected chi connectivity index (χ3v) is 5.53. The van der Waals surface area contributed by atoms with Crippen molar-refractivity contribution >= 4 is 12.1 Å². The fourth-order valence-electron chi connectivity index (χ4n) is 3.78. The van der Waals surface area contributed by atoms with Gasteiger partial charge in [-0.15, -0.1) is 0 Å². The first-order valence-electron chi connectivity index (χ1n) is 12.1. The summed E-state index contributed by atoms with van der Waals surface area (Å²) < 4.78 is 16.9. The third-order valence-electron chi connectivity index (χ3n) is 5.53. The van der Waals surface area contributed by atoms with Crippen LogP contribution >= 0.6 is 0 Å². The van der Waals surface area contributed by atoms with Crippen LogP contribution in [-0.4, -0.2) is 23.7 Å². The fraction of sp³-hybridized carbons (Fsp3) is 0.333. The average Bonchev–Trinajstić information content (AvgIpc) is 2.83. The Morgan fingerprint density at radius 1 is 0.833 bits per heavy atom. The normalized spacial score (nSPS) is 11.9. The summed E-state index contributed by atoms with van der Waals surface area (Å²) in [6.07, 6.45) is -0.397. The van der Waals surface area contributed by atoms with Gasteiger partial charge in [-0.1, -0.05) is 60.7 Å². The monoisotopic (exact) mass is 489 g/mol. The second-order valence-electron chi connectivity index (χ2n) is 9.81. The van der Waals surface area contributed by atoms with Gasteiger partial charge in [-0.2, -0.15) is 0 Å². The van der Waals surface area contributed by atoms with E-state index in [1.807, 2.05) is 86.6 Å². The van der Waals surface area contributed by atoms with Gasteiger partial charge in [0.2, 0.25) is 0 Å². The van der Waals surface area contributed by atoms with Crippen LogP contribution in [0.25, 0.3) is 0 Å². The lowest BCUT2D eigenvalue weighted by Crippen LogP contribution is -2.45. The van der Waals surface area contributed by atoms with Gasteiger partial charge in [-0.3, -0.25) is 0 Å². The molecule has 1 unspecified atom stereocenters. The Morgan fingerprint density at radius 3 is 1.89 bits per heavy atom. The Balaban J connectivity index is 1.74. The van der Waals surface area contributed by atoms with Gasteiger partial charge in [0.25, 0.3) is 0 Å². The minimum atomic E-state index is -0.906. The largest absolute Gasteiger partial charge is 0.489 e. The Hall–Kier alpha value is -3.80. The second kappa shape index (κ2) is 12.2. The summed E-state index contributed by atoms with van der Waals surface area (Å²) >= 11 is 0. The van der Waals surface area contributed by atoms with Crippen molar-refractivity contribution in [3.63, 3.8) is 0 Å². The summed E-state index contributed by atoms with van der Waals surface area (Å²) in [6, 6.07) is 22.4. The minimum absolute atomic E-state index is 0.121. The molecule has 0 spiro atoms. The first kappa shape index (κ1) is 26.8. The maximum absolute atomic E-state index is 13.1. The molecule has 6 nitrogen and oxygen atoms in total. The molecule has 0 aliphatic rings. The molecule has 0 heterocycles. The number of carbonyl (C=O) groups is 2. The lowest BCUT2D eigenvalue weighted by molar-refractivity contribution is -0.147. The second-order valence-corrected chi connectivity index (χ2v) is 9.81. The Morgan fingerprint density at radius 2 is 1.36 bits per heavy atom. The molecular weight excluding hydrogens is 454 g/mol. The zero-order valence-electron chi connectivity index (χ0n) is 21.7. The highest BCUT2D eigenvalue weighted by atomic mass is 16.6. The number of nitrogens with one attached hydrogen (secondary N) is 1. The van der Waals surface area contributed by atoms with E-state index in [4.69, 9.17) is 14.2 Å². The number of ether oxygens (including phenoxy) is 3. The molecule has 190 valence electrons. The molecule has 0 fully saturated rings. The molecule has 36 heavy (non-hydrogen) atoms. The quantitative estimate of drug-likeness (QED) is 0.370. The van der Waals surface area contributed by atoms with Gasteiger partial charge in [-0.25, -0.2) is 9.59 Å². The number of esters is 1. The summed E-state index contributed by atoms with van der Waals surface area (Å²) in [6.45, 7) is 9.85. The molecule has 0 aliphatic heterocycles. The van der Waals surface area contributed by atoms with Crippen molar-refractivity contribution in [2.75, 3.05) is 0 Å². The van der Waals surface area contributed by atoms with E-state index in [2.05, 4.69) is 5.32 Å². The lowest BCUT2D eigenvalue weighted by Gasteiger charge is -2.24. The predicted molar refractivity (Wildman–Crippen MR) is 140 cm³/mol. The van der Waals surface area contributed by atoms with Crippen LogP contribution in [0.15, 0.2) is 72.8 Å². The van der Waals surface area contributed by atoms with Crippen LogP contribution in [0.4, 0.5) is 4.79 Å². The van der Waals surface area contributed by atoms with Crippen LogP contribution in [0, 0.1) is 13.8 Å². The van der Waals surface area contributed by atoms with E-state index in [0.29, 0.717) is 6.61 Å². The zero-order valence-corrected chi connectivity index (χ0v) is 21.7. The highest BCUT2D eigenvalue weighted by Gasteiger charge is 2.27. The van der Waals surface area contributed by atoms with Gasteiger partial charge in [-0.05, 0) is 74.6 Å². The van der Waals surface area contributed by atoms with E-state index >= 15 is 0 Å². The Bertz CT molecular complexity index is 1130. The number of aryl methyl sites for hydroxylation is 2. The van der Waals surface area contributed by atoms with Gasteiger partial charge in [0.1, 0.15) is 30.6 Å². The van der Waals surface area contributed by atoms with Crippen molar-refractivity contribution in [3.05, 3.63) is 101 Å². The number of hydrogen-bond acceptors (Lipinski definition) is 5. The predicted octanol–water partition coefficient (Wildman–Crippen LogP) is 6.06. The summed E-state index contributed by atoms with van der Waals surface area (Å²) in [5.41, 5.74) is 4.13. The van der Waals surface area contributed by atoms with Gasteiger partial charge in [0.05, 0.1) is 0 Å². The number of alkyl carbamates (subject to hydrolysis) is 1. The first-order chi connectivity index (χ1) is 17.1. The molecule has 1 amide bonds. The van der Waals surface area contributed by atoms with E-state index < -0.39 is 23.7 Å². The van der Waals surface area contributed by atoms with E-state index in [9.17, 15) is 9.59 Å². The standard InChI is InChI=1S/C30H35NO5/c1-21-16-25(34-19-23-12-8-6-9-13-23)17-22(2)26(21)18-27(31-29(33)36-30(3,4)5)28(32)35-20-24-14-10-7-11-15-24/h6-17,27H,18-20H2,1-5H3,(H,31,33). The maximum Gasteiger partial charge on any atom is 0.408 e. The first-order valence-corrected chi connectivity index (χ1v) is 12.1. The molecule has 0 bridgehead atoms. The number of amides is 1. The van der Waals surface area contributed by atoms with Gasteiger partial charge < -0.3 is 19.5 Å². The molecule has 0 aliphatic carbocycles. The van der Waals surface area contributed by atoms with Crippen molar-refractivity contribution in [1.29, 1.82) is 0 Å². The number of benzene rings is 3. The van der Waals surface area contributed by atoms with Crippen LogP contribution in [-0.2, 0) is 33.9 Å². The molecule has 3 aromatic rings. The summed E-state index contributed by atoms with van der Waals surface area (Å²) in [7, 11) is 0. The SMILES string of the molecule is Cc1cc(OCc2ccccc2)cc(C)c1CC(NC(=O)OC(C)(C)C)C(=O)OCc1ccccc1. The van der Waals surface area contributed by atoms with Crippen molar-refractivity contribution in [2.45, 2.75) is 65.9 Å². The number of hydrogen-bond donors (Lipinski definition) is 1. The number of carbonyl (C=O) groups excluding carboxylic acids is 2. The lowest BCUT2D eigenvalue weighted by atomic mass is 9.96. The molecule has 3 aromatic carbocycles. The van der Waals surface area contributed by atoms with Gasteiger partial charge >= 0.3 is 12.1 Å². The maximum atomic E-state index is 13.1. The van der Waals surface area contributed by atoms with Crippen molar-refractivity contribution in [3.8, 4) is 5.75 Å². The molecule has 1 N–H and O–H groups in total. The fourth-order valence-corrected chi connectivity index (χ4v) is 3.78. The van der Waals surface area contributed by atoms with Gasteiger partial charge in [0, 0.05) is 6.42 Å². The van der Waals surface area contributed by atoms with E-state index in [1.165, 1.54) is 0 Å². The van der Waals surface area contributed by atoms with Crippen LogP contribution < -0.4 is 10.1 Å². The molecule has 0 aromatic heterocycles. The molecule has 0 saturated carbocycles. The van der Waals surface area contributed by atoms with Crippen molar-refractivity contribution in [2.24, 2.45) is 0 Å². The highest BCUT2D eigenvalue weighted by Crippen LogP contribution is 2.24. The van der Waals surface area contributed by atoms with Crippen LogP contribution in [0.1, 0.15) is 48.6 Å². The van der Waals surface area contributed by atoms with Gasteiger partial charge in [0.15, 0.2) is 0 Å². The van der Waals surface area contributed by atoms with Crippen LogP contribution in [0.5, 0.6) is 5.75 Å². The molecule has 6 heteroatoms. The summed E-state index contributed by atoms with van der Waals surface area (Å²) in [5.74, 6) is 0.230.